The normalized spacial score (nSPS) is 17.0. The van der Waals surface area contributed by atoms with Crippen LogP contribution in [0.4, 0.5) is 0 Å². The van der Waals surface area contributed by atoms with Crippen molar-refractivity contribution < 1.29 is 9.84 Å². The molecule has 4 rings (SSSR count). The van der Waals surface area contributed by atoms with Crippen LogP contribution in [-0.2, 0) is 0 Å². The summed E-state index contributed by atoms with van der Waals surface area (Å²) >= 11 is 1.64. The van der Waals surface area contributed by atoms with Crippen molar-refractivity contribution in [3.05, 3.63) is 52.6 Å². The number of likely N-dealkylation sites (tertiary alicyclic amines) is 1. The number of aromatic nitrogens is 3. The molecule has 0 spiro atoms. The van der Waals surface area contributed by atoms with E-state index in [0.717, 1.165) is 48.6 Å². The van der Waals surface area contributed by atoms with E-state index in [1.807, 2.05) is 23.7 Å². The fraction of sp³-hybridized carbons (Fsp3) is 0.409. The summed E-state index contributed by atoms with van der Waals surface area (Å²) in [6.07, 6.45) is 9.27. The number of pyridine rings is 2. The Morgan fingerprint density at radius 3 is 2.90 bits per heavy atom. The van der Waals surface area contributed by atoms with E-state index in [1.54, 1.807) is 30.7 Å². The van der Waals surface area contributed by atoms with Crippen LogP contribution in [0.2, 0.25) is 0 Å². The van der Waals surface area contributed by atoms with Gasteiger partial charge in [-0.3, -0.25) is 4.98 Å². The largest absolute Gasteiger partial charge is 0.481 e. The highest BCUT2D eigenvalue weighted by Gasteiger charge is 2.22. The maximum absolute atomic E-state index is 10.9. The Kier molecular flexibility index (Phi) is 7.01. The Labute approximate surface area is 180 Å². The van der Waals surface area contributed by atoms with Gasteiger partial charge in [0.2, 0.25) is 5.88 Å². The number of β-amino-alcohol motifs (C(OH)–C–C–N with tert-alkyl or cyclic N) is 1. The molecular weight excluding hydrogens is 398 g/mol. The molecule has 0 saturated carbocycles. The summed E-state index contributed by atoms with van der Waals surface area (Å²) in [5.74, 6) is 0.528. The Morgan fingerprint density at radius 1 is 1.27 bits per heavy atom. The van der Waals surface area contributed by atoms with Crippen molar-refractivity contribution in [2.75, 3.05) is 33.3 Å². The third-order valence-electron chi connectivity index (χ3n) is 5.41. The Hall–Kier alpha value is -2.39. The average Bonchev–Trinajstić information content (AvgIpc) is 3.30. The number of aliphatic hydroxyl groups excluding tert-OH is 1. The lowest BCUT2D eigenvalue weighted by Crippen LogP contribution is -2.43. The molecular formula is C22H27N5O2S. The summed E-state index contributed by atoms with van der Waals surface area (Å²) in [6, 6.07) is 6.02. The molecule has 1 fully saturated rings. The van der Waals surface area contributed by atoms with Crippen molar-refractivity contribution in [1.82, 2.24) is 25.2 Å². The zero-order valence-electron chi connectivity index (χ0n) is 17.1. The van der Waals surface area contributed by atoms with Crippen molar-refractivity contribution in [3.8, 4) is 5.88 Å². The van der Waals surface area contributed by atoms with E-state index in [1.165, 1.54) is 0 Å². The topological polar surface area (TPSA) is 83.4 Å². The van der Waals surface area contributed by atoms with Gasteiger partial charge < -0.3 is 20.1 Å². The van der Waals surface area contributed by atoms with E-state index in [9.17, 15) is 5.11 Å². The number of hydrogen-bond donors (Lipinski definition) is 2. The molecule has 7 nitrogen and oxygen atoms in total. The van der Waals surface area contributed by atoms with Gasteiger partial charge in [-0.1, -0.05) is 6.08 Å². The number of nitrogens with one attached hydrogen (secondary N) is 1. The molecule has 0 amide bonds. The second kappa shape index (κ2) is 10.1. The van der Waals surface area contributed by atoms with Crippen molar-refractivity contribution in [3.63, 3.8) is 0 Å². The summed E-state index contributed by atoms with van der Waals surface area (Å²) < 4.78 is 5.23. The van der Waals surface area contributed by atoms with Gasteiger partial charge in [-0.2, -0.15) is 0 Å². The van der Waals surface area contributed by atoms with Gasteiger partial charge in [0, 0.05) is 48.5 Å². The van der Waals surface area contributed by atoms with Gasteiger partial charge in [0.15, 0.2) is 0 Å². The molecule has 1 aliphatic heterocycles. The van der Waals surface area contributed by atoms with Crippen LogP contribution in [0.15, 0.2) is 42.0 Å². The lowest BCUT2D eigenvalue weighted by atomic mass is 10.0. The van der Waals surface area contributed by atoms with Crippen molar-refractivity contribution in [2.24, 2.45) is 0 Å². The third kappa shape index (κ3) is 5.20. The van der Waals surface area contributed by atoms with Crippen LogP contribution in [0.25, 0.3) is 17.1 Å². The van der Waals surface area contributed by atoms with E-state index in [2.05, 4.69) is 37.3 Å². The Bertz CT molecular complexity index is 971. The molecule has 1 aliphatic rings. The molecule has 4 heterocycles. The van der Waals surface area contributed by atoms with Crippen LogP contribution in [-0.4, -0.2) is 64.3 Å². The zero-order chi connectivity index (χ0) is 20.8. The molecule has 1 saturated heterocycles. The molecule has 1 atom stereocenters. The van der Waals surface area contributed by atoms with Crippen molar-refractivity contribution in [2.45, 2.75) is 25.0 Å². The summed E-state index contributed by atoms with van der Waals surface area (Å²) in [6.45, 7) is 3.37. The minimum atomic E-state index is -0.610. The summed E-state index contributed by atoms with van der Waals surface area (Å²) in [5, 5.41) is 17.5. The summed E-state index contributed by atoms with van der Waals surface area (Å²) in [4.78, 5) is 15.4. The number of rotatable bonds is 8. The van der Waals surface area contributed by atoms with Gasteiger partial charge in [0.05, 0.1) is 24.2 Å². The monoisotopic (exact) mass is 425 g/mol. The molecule has 3 aromatic rings. The number of nitrogens with zero attached hydrogens (tertiary/aromatic N) is 4. The first kappa shape index (κ1) is 20.9. The van der Waals surface area contributed by atoms with Gasteiger partial charge in [-0.25, -0.2) is 9.97 Å². The molecule has 30 heavy (non-hydrogen) atoms. The van der Waals surface area contributed by atoms with Crippen LogP contribution in [0.5, 0.6) is 5.88 Å². The van der Waals surface area contributed by atoms with Crippen LogP contribution in [0.1, 0.15) is 29.5 Å². The number of methoxy groups -OCH3 is 1. The Morgan fingerprint density at radius 2 is 2.13 bits per heavy atom. The fourth-order valence-corrected chi connectivity index (χ4v) is 4.34. The molecule has 0 radical (unpaired) electrons. The van der Waals surface area contributed by atoms with Crippen LogP contribution >= 0.6 is 11.3 Å². The van der Waals surface area contributed by atoms with E-state index < -0.39 is 6.10 Å². The maximum Gasteiger partial charge on any atom is 0.213 e. The molecule has 0 aliphatic carbocycles. The molecule has 3 aromatic heterocycles. The van der Waals surface area contributed by atoms with E-state index in [0.29, 0.717) is 24.0 Å². The molecule has 0 aromatic carbocycles. The third-order valence-corrected chi connectivity index (χ3v) is 6.15. The van der Waals surface area contributed by atoms with Gasteiger partial charge in [-0.15, -0.1) is 11.3 Å². The van der Waals surface area contributed by atoms with Gasteiger partial charge >= 0.3 is 0 Å². The second-order valence-corrected chi connectivity index (χ2v) is 8.32. The number of piperidine rings is 1. The molecule has 0 bridgehead atoms. The van der Waals surface area contributed by atoms with Gasteiger partial charge in [0.1, 0.15) is 5.01 Å². The number of thiazole rings is 1. The van der Waals surface area contributed by atoms with E-state index in [-0.39, 0.29) is 0 Å². The SMILES string of the molecule is COc1ccc2nccc([C@@H](O)CN3CCC(NC/C=C/c4nccs4)CC3)c2n1. The molecule has 0 unspecified atom stereocenters. The smallest absolute Gasteiger partial charge is 0.213 e. The van der Waals surface area contributed by atoms with Crippen molar-refractivity contribution >= 4 is 28.4 Å². The maximum atomic E-state index is 10.9. The van der Waals surface area contributed by atoms with Crippen LogP contribution < -0.4 is 10.1 Å². The summed E-state index contributed by atoms with van der Waals surface area (Å²) in [5.41, 5.74) is 2.26. The fourth-order valence-electron chi connectivity index (χ4n) is 3.78. The highest BCUT2D eigenvalue weighted by atomic mass is 32.1. The molecule has 158 valence electrons. The first-order chi connectivity index (χ1) is 14.7. The predicted octanol–water partition coefficient (Wildman–Crippen LogP) is 2.90. The van der Waals surface area contributed by atoms with Crippen LogP contribution in [0, 0.1) is 0 Å². The minimum absolute atomic E-state index is 0.507. The quantitative estimate of drug-likeness (QED) is 0.574. The first-order valence-electron chi connectivity index (χ1n) is 10.2. The zero-order valence-corrected chi connectivity index (χ0v) is 17.9. The highest BCUT2D eigenvalue weighted by molar-refractivity contribution is 7.10. The van der Waals surface area contributed by atoms with Gasteiger partial charge in [-0.05, 0) is 44.1 Å². The predicted molar refractivity (Wildman–Crippen MR) is 120 cm³/mol. The number of aliphatic hydroxyl groups is 1. The average molecular weight is 426 g/mol. The highest BCUT2D eigenvalue weighted by Crippen LogP contribution is 2.25. The first-order valence-corrected chi connectivity index (χ1v) is 11.1. The molecule has 2 N–H and O–H groups in total. The lowest BCUT2D eigenvalue weighted by Gasteiger charge is -2.33. The van der Waals surface area contributed by atoms with Gasteiger partial charge in [0.25, 0.3) is 0 Å². The van der Waals surface area contributed by atoms with E-state index in [4.69, 9.17) is 4.74 Å². The van der Waals surface area contributed by atoms with E-state index >= 15 is 0 Å². The number of fused-ring (bicyclic) bond motifs is 1. The summed E-state index contributed by atoms with van der Waals surface area (Å²) in [7, 11) is 1.59. The second-order valence-electron chi connectivity index (χ2n) is 7.39. The lowest BCUT2D eigenvalue weighted by molar-refractivity contribution is 0.0953. The number of ether oxygens (including phenoxy) is 1. The standard InChI is InChI=1S/C22H27N5O2S/c1-29-20-5-4-18-22(26-20)17(6-10-24-18)19(28)15-27-12-7-16(8-13-27)23-9-2-3-21-25-11-14-30-21/h2-6,10-11,14,16,19,23,28H,7-9,12-13,15H2,1H3/b3-2+/t19-/m0/s1. The van der Waals surface area contributed by atoms with Crippen molar-refractivity contribution in [1.29, 1.82) is 0 Å². The Balaban J connectivity index is 1.28. The minimum Gasteiger partial charge on any atom is -0.481 e. The van der Waals surface area contributed by atoms with Crippen LogP contribution in [0.3, 0.4) is 0 Å². The number of hydrogen-bond acceptors (Lipinski definition) is 8. The molecule has 8 heteroatoms.